The number of carbonyl (C=O) groups excluding carboxylic acids is 1. The molecule has 0 saturated heterocycles. The Morgan fingerprint density at radius 2 is 1.77 bits per heavy atom. The number of carbonyl (C=O) groups is 1. The Labute approximate surface area is 183 Å². The molecule has 3 aromatic rings. The molecule has 0 heterocycles. The number of aromatic hydroxyl groups is 1. The molecular weight excluding hydrogens is 450 g/mol. The van der Waals surface area contributed by atoms with Gasteiger partial charge in [0.05, 0.1) is 0 Å². The Hall–Kier alpha value is -2.61. The van der Waals surface area contributed by atoms with Crippen LogP contribution in [0.5, 0.6) is 5.75 Å². The first-order chi connectivity index (χ1) is 14.5. The van der Waals surface area contributed by atoms with Crippen molar-refractivity contribution in [2.24, 2.45) is 0 Å². The van der Waals surface area contributed by atoms with Crippen molar-refractivity contribution in [1.82, 2.24) is 0 Å². The molecule has 1 amide bonds. The monoisotopic (exact) mass is 473 g/mol. The van der Waals surface area contributed by atoms with E-state index in [1.54, 1.807) is 30.3 Å². The van der Waals surface area contributed by atoms with Crippen LogP contribution in [0.1, 0.15) is 25.0 Å². The number of halogens is 1. The van der Waals surface area contributed by atoms with Crippen LogP contribution in [0.2, 0.25) is 0 Å². The molecule has 0 unspecified atom stereocenters. The van der Waals surface area contributed by atoms with E-state index in [1.807, 2.05) is 37.3 Å². The van der Waals surface area contributed by atoms with Crippen molar-refractivity contribution in [2.45, 2.75) is 25.6 Å². The summed E-state index contributed by atoms with van der Waals surface area (Å²) in [5, 5.41) is 23.9. The van der Waals surface area contributed by atoms with Crippen LogP contribution < -0.4 is 5.32 Å². The highest BCUT2D eigenvalue weighted by atomic mass is 79.9. The zero-order chi connectivity index (χ0) is 21.5. The Morgan fingerprint density at radius 1 is 1.07 bits per heavy atom. The number of phenols is 1. The summed E-state index contributed by atoms with van der Waals surface area (Å²) in [6.07, 6.45) is -1.68. The average Bonchev–Trinajstić information content (AvgIpc) is 2.74. The third-order valence-electron chi connectivity index (χ3n) is 4.70. The predicted octanol–water partition coefficient (Wildman–Crippen LogP) is 5.39. The number of hydrogen-bond acceptors (Lipinski definition) is 5. The second-order valence-corrected chi connectivity index (χ2v) is 7.60. The maximum Gasteiger partial charge on any atom is 0.412 e. The molecule has 7 heteroatoms. The van der Waals surface area contributed by atoms with Crippen LogP contribution in [0.3, 0.4) is 0 Å². The zero-order valence-corrected chi connectivity index (χ0v) is 18.1. The van der Waals surface area contributed by atoms with Gasteiger partial charge in [-0.15, -0.1) is 0 Å². The third-order valence-corrected chi connectivity index (χ3v) is 5.23. The van der Waals surface area contributed by atoms with E-state index in [2.05, 4.69) is 21.2 Å². The molecule has 3 N–H and O–H groups in total. The summed E-state index contributed by atoms with van der Waals surface area (Å²) in [5.74, 6) is 0.141. The molecule has 2 atom stereocenters. The number of nitrogens with one attached hydrogen (secondary N) is 1. The molecule has 0 fully saturated rings. The van der Waals surface area contributed by atoms with Crippen LogP contribution >= 0.6 is 15.9 Å². The van der Waals surface area contributed by atoms with E-state index >= 15 is 0 Å². The number of anilines is 1. The van der Waals surface area contributed by atoms with Crippen molar-refractivity contribution in [2.75, 3.05) is 18.5 Å². The summed E-state index contributed by atoms with van der Waals surface area (Å²) >= 11 is 3.36. The van der Waals surface area contributed by atoms with Crippen LogP contribution in [-0.4, -0.2) is 35.6 Å². The molecule has 0 aliphatic carbocycles. The molecule has 30 heavy (non-hydrogen) atoms. The van der Waals surface area contributed by atoms with Crippen molar-refractivity contribution in [1.29, 1.82) is 0 Å². The molecule has 3 rings (SSSR count). The summed E-state index contributed by atoms with van der Waals surface area (Å²) in [7, 11) is 0. The topological polar surface area (TPSA) is 88.0 Å². The Balaban J connectivity index is 1.95. The highest BCUT2D eigenvalue weighted by Crippen LogP contribution is 2.35. The van der Waals surface area contributed by atoms with Gasteiger partial charge >= 0.3 is 6.09 Å². The van der Waals surface area contributed by atoms with Crippen molar-refractivity contribution < 1.29 is 24.5 Å². The Morgan fingerprint density at radius 3 is 2.43 bits per heavy atom. The Bertz CT molecular complexity index is 987. The van der Waals surface area contributed by atoms with Crippen molar-refractivity contribution >= 4 is 38.5 Å². The molecule has 0 radical (unpaired) electrons. The van der Waals surface area contributed by atoms with Crippen LogP contribution in [0.15, 0.2) is 65.1 Å². The standard InChI is InChI=1S/C23H24BrNO5/c1-2-29-21(13-14-26)22(30-23(28)25-16-9-7-15(24)8-10-16)19-11-12-20(27)18-6-4-3-5-17(18)19/h3-12,21-22,26-27H,2,13-14H2,1H3,(H,25,28)/t21-,22-/m0/s1. The number of aliphatic hydroxyl groups excluding tert-OH is 1. The lowest BCUT2D eigenvalue weighted by Crippen LogP contribution is -2.30. The molecule has 3 aromatic carbocycles. The lowest BCUT2D eigenvalue weighted by Gasteiger charge is -2.28. The molecule has 0 saturated carbocycles. The molecule has 0 aromatic heterocycles. The Kier molecular flexibility index (Phi) is 7.68. The van der Waals surface area contributed by atoms with Gasteiger partial charge < -0.3 is 19.7 Å². The van der Waals surface area contributed by atoms with Crippen molar-refractivity contribution in [3.8, 4) is 5.75 Å². The maximum absolute atomic E-state index is 12.7. The molecule has 0 bridgehead atoms. The predicted molar refractivity (Wildman–Crippen MR) is 120 cm³/mol. The highest BCUT2D eigenvalue weighted by Gasteiger charge is 2.29. The average molecular weight is 474 g/mol. The summed E-state index contributed by atoms with van der Waals surface area (Å²) in [4.78, 5) is 12.7. The summed E-state index contributed by atoms with van der Waals surface area (Å²) in [6, 6.07) is 17.8. The van der Waals surface area contributed by atoms with E-state index in [1.165, 1.54) is 0 Å². The van der Waals surface area contributed by atoms with Gasteiger partial charge in [0.1, 0.15) is 11.9 Å². The van der Waals surface area contributed by atoms with E-state index in [4.69, 9.17) is 9.47 Å². The molecular formula is C23H24BrNO5. The van der Waals surface area contributed by atoms with Gasteiger partial charge in [-0.3, -0.25) is 5.32 Å². The lowest BCUT2D eigenvalue weighted by molar-refractivity contribution is -0.0478. The number of hydrogen-bond donors (Lipinski definition) is 3. The van der Waals surface area contributed by atoms with Gasteiger partial charge in [0, 0.05) is 40.7 Å². The molecule has 0 spiro atoms. The number of aliphatic hydroxyl groups is 1. The van der Waals surface area contributed by atoms with E-state index in [-0.39, 0.29) is 12.4 Å². The smallest absolute Gasteiger partial charge is 0.412 e. The number of ether oxygens (including phenoxy) is 2. The fourth-order valence-electron chi connectivity index (χ4n) is 3.35. The zero-order valence-electron chi connectivity index (χ0n) is 16.5. The number of amides is 1. The summed E-state index contributed by atoms with van der Waals surface area (Å²) < 4.78 is 12.5. The van der Waals surface area contributed by atoms with Gasteiger partial charge in [-0.1, -0.05) is 46.3 Å². The van der Waals surface area contributed by atoms with Crippen LogP contribution in [0.4, 0.5) is 10.5 Å². The lowest BCUT2D eigenvalue weighted by atomic mass is 9.95. The van der Waals surface area contributed by atoms with Crippen LogP contribution in [0, 0.1) is 0 Å². The minimum Gasteiger partial charge on any atom is -0.507 e. The SMILES string of the molecule is CCO[C@@H](CCO)[C@@H](OC(=O)Nc1ccc(Br)cc1)c1ccc(O)c2ccccc12. The first-order valence-corrected chi connectivity index (χ1v) is 10.5. The van der Waals surface area contributed by atoms with Crippen LogP contribution in [-0.2, 0) is 9.47 Å². The van der Waals surface area contributed by atoms with Crippen molar-refractivity contribution in [3.63, 3.8) is 0 Å². The molecule has 0 aliphatic rings. The fourth-order valence-corrected chi connectivity index (χ4v) is 3.62. The van der Waals surface area contributed by atoms with E-state index in [9.17, 15) is 15.0 Å². The first-order valence-electron chi connectivity index (χ1n) is 9.69. The van der Waals surface area contributed by atoms with Crippen molar-refractivity contribution in [3.05, 3.63) is 70.7 Å². The van der Waals surface area contributed by atoms with Gasteiger partial charge in [-0.25, -0.2) is 4.79 Å². The van der Waals surface area contributed by atoms with E-state index < -0.39 is 18.3 Å². The maximum atomic E-state index is 12.7. The molecule has 0 aliphatic heterocycles. The fraction of sp³-hybridized carbons (Fsp3) is 0.261. The van der Waals surface area contributed by atoms with Gasteiger partial charge in [-0.05, 0) is 42.6 Å². The minimum atomic E-state index is -0.780. The summed E-state index contributed by atoms with van der Waals surface area (Å²) in [5.41, 5.74) is 1.29. The second-order valence-electron chi connectivity index (χ2n) is 6.68. The van der Waals surface area contributed by atoms with Crippen LogP contribution in [0.25, 0.3) is 10.8 Å². The molecule has 158 valence electrons. The van der Waals surface area contributed by atoms with E-state index in [0.717, 1.165) is 9.86 Å². The van der Waals surface area contributed by atoms with Gasteiger partial charge in [-0.2, -0.15) is 0 Å². The normalized spacial score (nSPS) is 13.0. The quantitative estimate of drug-likeness (QED) is 0.408. The number of benzene rings is 3. The summed E-state index contributed by atoms with van der Waals surface area (Å²) in [6.45, 7) is 2.13. The highest BCUT2D eigenvalue weighted by molar-refractivity contribution is 9.10. The first kappa shape index (κ1) is 22.1. The van der Waals surface area contributed by atoms with Gasteiger partial charge in [0.15, 0.2) is 6.10 Å². The minimum absolute atomic E-state index is 0.116. The largest absolute Gasteiger partial charge is 0.507 e. The number of rotatable bonds is 8. The number of phenolic OH excluding ortho intramolecular Hbond substituents is 1. The van der Waals surface area contributed by atoms with E-state index in [0.29, 0.717) is 29.7 Å². The third kappa shape index (κ3) is 5.30. The number of fused-ring (bicyclic) bond motifs is 1. The molecule has 6 nitrogen and oxygen atoms in total. The second kappa shape index (κ2) is 10.4. The van der Waals surface area contributed by atoms with Gasteiger partial charge in [0.2, 0.25) is 0 Å². The van der Waals surface area contributed by atoms with Gasteiger partial charge in [0.25, 0.3) is 0 Å².